The molecule has 0 amide bonds. The van der Waals surface area contributed by atoms with Gasteiger partial charge in [0.1, 0.15) is 5.82 Å². The molecule has 2 heterocycles. The fourth-order valence-electron chi connectivity index (χ4n) is 3.65. The maximum absolute atomic E-state index is 13.5. The number of aromatic nitrogens is 3. The van der Waals surface area contributed by atoms with Gasteiger partial charge in [-0.05, 0) is 55.2 Å². The van der Waals surface area contributed by atoms with E-state index in [4.69, 9.17) is 4.98 Å². The first-order chi connectivity index (χ1) is 15.5. The number of anilines is 1. The summed E-state index contributed by atoms with van der Waals surface area (Å²) in [6.45, 7) is 2.08. The fraction of sp³-hybridized carbons (Fsp3) is 0.192. The van der Waals surface area contributed by atoms with Crippen LogP contribution in [0.25, 0.3) is 22.4 Å². The van der Waals surface area contributed by atoms with E-state index in [0.717, 1.165) is 18.4 Å². The van der Waals surface area contributed by atoms with Crippen molar-refractivity contribution in [2.75, 3.05) is 5.32 Å². The monoisotopic (exact) mass is 428 g/mol. The van der Waals surface area contributed by atoms with Gasteiger partial charge in [0, 0.05) is 31.0 Å². The number of halogens is 1. The average Bonchev–Trinajstić information content (AvgIpc) is 2.82. The lowest BCUT2D eigenvalue weighted by molar-refractivity contribution is 0.628. The Bertz CT molecular complexity index is 1240. The Labute approximate surface area is 186 Å². The molecule has 0 aliphatic rings. The molecule has 2 aromatic carbocycles. The average molecular weight is 429 g/mol. The SMILES string of the molecule is CC(CCc1ccccc1)Nc1nc(-c2ccncc2)c(-c2ccc(F)cc2)c(=O)n1C. The molecule has 0 fully saturated rings. The van der Waals surface area contributed by atoms with Gasteiger partial charge in [-0.2, -0.15) is 0 Å². The number of pyridine rings is 1. The van der Waals surface area contributed by atoms with E-state index in [2.05, 4.69) is 29.4 Å². The summed E-state index contributed by atoms with van der Waals surface area (Å²) < 4.78 is 15.0. The fourth-order valence-corrected chi connectivity index (χ4v) is 3.65. The molecule has 0 saturated heterocycles. The maximum atomic E-state index is 13.5. The highest BCUT2D eigenvalue weighted by Gasteiger charge is 2.19. The number of rotatable bonds is 7. The van der Waals surface area contributed by atoms with Crippen molar-refractivity contribution in [3.63, 3.8) is 0 Å². The van der Waals surface area contributed by atoms with Crippen LogP contribution in [0.15, 0.2) is 83.9 Å². The predicted octanol–water partition coefficient (Wildman–Crippen LogP) is 5.08. The molecule has 1 unspecified atom stereocenters. The molecule has 0 aliphatic heterocycles. The van der Waals surface area contributed by atoms with Crippen molar-refractivity contribution in [1.29, 1.82) is 0 Å². The molecular weight excluding hydrogens is 403 g/mol. The van der Waals surface area contributed by atoms with Crippen molar-refractivity contribution in [3.05, 3.63) is 101 Å². The molecule has 2 aromatic heterocycles. The maximum Gasteiger partial charge on any atom is 0.263 e. The van der Waals surface area contributed by atoms with Gasteiger partial charge in [-0.3, -0.25) is 14.3 Å². The van der Waals surface area contributed by atoms with Gasteiger partial charge < -0.3 is 5.32 Å². The van der Waals surface area contributed by atoms with Crippen LogP contribution in [0.2, 0.25) is 0 Å². The van der Waals surface area contributed by atoms with Gasteiger partial charge in [0.15, 0.2) is 0 Å². The first-order valence-electron chi connectivity index (χ1n) is 10.6. The summed E-state index contributed by atoms with van der Waals surface area (Å²) in [5, 5.41) is 3.40. The Balaban J connectivity index is 1.70. The zero-order chi connectivity index (χ0) is 22.5. The molecule has 1 N–H and O–H groups in total. The summed E-state index contributed by atoms with van der Waals surface area (Å²) in [5.41, 5.74) is 3.44. The molecule has 1 atom stereocenters. The van der Waals surface area contributed by atoms with E-state index in [1.807, 2.05) is 30.3 Å². The molecule has 4 aromatic rings. The molecular formula is C26H25FN4O. The highest BCUT2D eigenvalue weighted by atomic mass is 19.1. The van der Waals surface area contributed by atoms with Crippen LogP contribution in [0.1, 0.15) is 18.9 Å². The number of nitrogens with one attached hydrogen (secondary N) is 1. The Morgan fingerprint density at radius 1 is 0.969 bits per heavy atom. The van der Waals surface area contributed by atoms with Gasteiger partial charge in [0.05, 0.1) is 11.3 Å². The zero-order valence-electron chi connectivity index (χ0n) is 18.1. The summed E-state index contributed by atoms with van der Waals surface area (Å²) in [7, 11) is 1.70. The molecule has 0 aliphatic carbocycles. The van der Waals surface area contributed by atoms with E-state index in [0.29, 0.717) is 22.8 Å². The molecule has 162 valence electrons. The van der Waals surface area contributed by atoms with Crippen LogP contribution in [0.4, 0.5) is 10.3 Å². The normalized spacial score (nSPS) is 11.8. The van der Waals surface area contributed by atoms with E-state index in [-0.39, 0.29) is 17.4 Å². The van der Waals surface area contributed by atoms with E-state index < -0.39 is 0 Å². The van der Waals surface area contributed by atoms with E-state index in [1.165, 1.54) is 22.3 Å². The second-order valence-electron chi connectivity index (χ2n) is 7.84. The number of aryl methyl sites for hydroxylation is 1. The lowest BCUT2D eigenvalue weighted by atomic mass is 10.0. The number of hydrogen-bond acceptors (Lipinski definition) is 4. The van der Waals surface area contributed by atoms with Crippen LogP contribution >= 0.6 is 0 Å². The smallest absolute Gasteiger partial charge is 0.263 e. The van der Waals surface area contributed by atoms with E-state index >= 15 is 0 Å². The third kappa shape index (κ3) is 4.75. The Morgan fingerprint density at radius 2 is 1.66 bits per heavy atom. The van der Waals surface area contributed by atoms with Crippen molar-refractivity contribution >= 4 is 5.95 Å². The Hall–Kier alpha value is -3.80. The van der Waals surface area contributed by atoms with Gasteiger partial charge in [0.25, 0.3) is 5.56 Å². The van der Waals surface area contributed by atoms with Crippen LogP contribution in [0, 0.1) is 5.82 Å². The number of hydrogen-bond donors (Lipinski definition) is 1. The van der Waals surface area contributed by atoms with E-state index in [9.17, 15) is 9.18 Å². The number of nitrogens with zero attached hydrogens (tertiary/aromatic N) is 3. The van der Waals surface area contributed by atoms with Crippen LogP contribution in [-0.4, -0.2) is 20.6 Å². The van der Waals surface area contributed by atoms with Crippen molar-refractivity contribution in [1.82, 2.24) is 14.5 Å². The molecule has 32 heavy (non-hydrogen) atoms. The van der Waals surface area contributed by atoms with Crippen LogP contribution < -0.4 is 10.9 Å². The minimum absolute atomic E-state index is 0.107. The quantitative estimate of drug-likeness (QED) is 0.446. The topological polar surface area (TPSA) is 59.8 Å². The molecule has 4 rings (SSSR count). The third-order valence-electron chi connectivity index (χ3n) is 5.46. The molecule has 0 bridgehead atoms. The summed E-state index contributed by atoms with van der Waals surface area (Å²) >= 11 is 0. The summed E-state index contributed by atoms with van der Waals surface area (Å²) in [6, 6.07) is 20.0. The van der Waals surface area contributed by atoms with E-state index in [1.54, 1.807) is 31.6 Å². The standard InChI is InChI=1S/C26H25FN4O/c1-18(8-9-19-6-4-3-5-7-19)29-26-30-24(21-14-16-28-17-15-21)23(25(32)31(26)2)20-10-12-22(27)13-11-20/h3-7,10-18H,8-9H2,1-2H3,(H,29,30). The van der Waals surface area contributed by atoms with Crippen molar-refractivity contribution in [2.24, 2.45) is 7.05 Å². The predicted molar refractivity (Wildman–Crippen MR) is 126 cm³/mol. The molecule has 6 heteroatoms. The van der Waals surface area contributed by atoms with Gasteiger partial charge in [-0.25, -0.2) is 9.37 Å². The first-order valence-corrected chi connectivity index (χ1v) is 10.6. The second kappa shape index (κ2) is 9.56. The van der Waals surface area contributed by atoms with Crippen LogP contribution in [0.5, 0.6) is 0 Å². The summed E-state index contributed by atoms with van der Waals surface area (Å²) in [5.74, 6) is 0.141. The minimum Gasteiger partial charge on any atom is -0.353 e. The van der Waals surface area contributed by atoms with Crippen molar-refractivity contribution < 1.29 is 4.39 Å². The second-order valence-corrected chi connectivity index (χ2v) is 7.84. The van der Waals surface area contributed by atoms with Gasteiger partial charge in [-0.15, -0.1) is 0 Å². The highest BCUT2D eigenvalue weighted by molar-refractivity contribution is 5.80. The van der Waals surface area contributed by atoms with Gasteiger partial charge in [-0.1, -0.05) is 42.5 Å². The third-order valence-corrected chi connectivity index (χ3v) is 5.46. The van der Waals surface area contributed by atoms with Crippen LogP contribution in [0.3, 0.4) is 0 Å². The summed E-state index contributed by atoms with van der Waals surface area (Å²) in [6.07, 6.45) is 5.15. The Morgan fingerprint density at radius 3 is 2.34 bits per heavy atom. The van der Waals surface area contributed by atoms with Crippen molar-refractivity contribution in [3.8, 4) is 22.4 Å². The minimum atomic E-state index is -0.352. The lowest BCUT2D eigenvalue weighted by Crippen LogP contribution is -2.28. The Kier molecular flexibility index (Phi) is 6.40. The molecule has 0 spiro atoms. The highest BCUT2D eigenvalue weighted by Crippen LogP contribution is 2.29. The first kappa shape index (κ1) is 21.4. The summed E-state index contributed by atoms with van der Waals surface area (Å²) in [4.78, 5) is 22.3. The lowest BCUT2D eigenvalue weighted by Gasteiger charge is -2.19. The van der Waals surface area contributed by atoms with Crippen molar-refractivity contribution in [2.45, 2.75) is 25.8 Å². The molecule has 0 radical (unpaired) electrons. The number of benzene rings is 2. The zero-order valence-corrected chi connectivity index (χ0v) is 18.1. The molecule has 5 nitrogen and oxygen atoms in total. The van der Waals surface area contributed by atoms with Gasteiger partial charge in [0.2, 0.25) is 5.95 Å². The van der Waals surface area contributed by atoms with Crippen LogP contribution in [-0.2, 0) is 13.5 Å². The molecule has 0 saturated carbocycles. The largest absolute Gasteiger partial charge is 0.353 e. The van der Waals surface area contributed by atoms with Gasteiger partial charge >= 0.3 is 0 Å².